The predicted octanol–water partition coefficient (Wildman–Crippen LogP) is 2.55. The topological polar surface area (TPSA) is 63.6 Å². The van der Waals surface area contributed by atoms with E-state index in [4.69, 9.17) is 5.11 Å². The molecule has 0 bridgehead atoms. The predicted molar refractivity (Wildman–Crippen MR) is 63.1 cm³/mol. The lowest BCUT2D eigenvalue weighted by molar-refractivity contribution is -0.135. The third kappa shape index (κ3) is 12.4. The number of carbonyl (C=O) groups is 2. The number of hydrogen-bond donors (Lipinski definition) is 1. The van der Waals surface area contributed by atoms with Gasteiger partial charge in [-0.1, -0.05) is 32.4 Å². The summed E-state index contributed by atoms with van der Waals surface area (Å²) in [6.45, 7) is 6.87. The SMILES string of the molecule is C=CC(=O)OC.CCCCC=C(C)C(=O)O. The van der Waals surface area contributed by atoms with Crippen LogP contribution in [0.4, 0.5) is 0 Å². The molecule has 0 spiro atoms. The number of carbonyl (C=O) groups excluding carboxylic acids is 1. The molecule has 0 fully saturated rings. The first-order valence-electron chi connectivity index (χ1n) is 5.10. The highest BCUT2D eigenvalue weighted by Gasteiger charge is 1.96. The van der Waals surface area contributed by atoms with E-state index in [2.05, 4.69) is 18.2 Å². The molecule has 0 saturated carbocycles. The van der Waals surface area contributed by atoms with E-state index in [9.17, 15) is 9.59 Å². The lowest BCUT2D eigenvalue weighted by atomic mass is 10.2. The van der Waals surface area contributed by atoms with Gasteiger partial charge in [-0.2, -0.15) is 0 Å². The van der Waals surface area contributed by atoms with Crippen LogP contribution in [0.15, 0.2) is 24.3 Å². The van der Waals surface area contributed by atoms with Crippen molar-refractivity contribution in [2.24, 2.45) is 0 Å². The summed E-state index contributed by atoms with van der Waals surface area (Å²) in [7, 11) is 1.31. The number of allylic oxidation sites excluding steroid dienone is 1. The Bertz CT molecular complexity index is 254. The van der Waals surface area contributed by atoms with Crippen LogP contribution in [-0.4, -0.2) is 24.2 Å². The molecular weight excluding hydrogens is 208 g/mol. The van der Waals surface area contributed by atoms with Gasteiger partial charge in [-0.05, 0) is 13.3 Å². The third-order valence-corrected chi connectivity index (χ3v) is 1.71. The molecule has 0 aromatic heterocycles. The molecule has 0 aliphatic carbocycles. The number of carboxylic acids is 1. The van der Waals surface area contributed by atoms with Crippen LogP contribution in [0.5, 0.6) is 0 Å². The summed E-state index contributed by atoms with van der Waals surface area (Å²) in [5, 5.41) is 8.41. The van der Waals surface area contributed by atoms with Gasteiger partial charge in [0.05, 0.1) is 7.11 Å². The van der Waals surface area contributed by atoms with Crippen LogP contribution in [-0.2, 0) is 14.3 Å². The van der Waals surface area contributed by atoms with Crippen LogP contribution in [0.2, 0.25) is 0 Å². The molecular formula is C12H20O4. The minimum absolute atomic E-state index is 0.394. The lowest BCUT2D eigenvalue weighted by Crippen LogP contribution is -1.95. The summed E-state index contributed by atoms with van der Waals surface area (Å²) in [5.74, 6) is -1.20. The average molecular weight is 228 g/mol. The fourth-order valence-corrected chi connectivity index (χ4v) is 0.693. The van der Waals surface area contributed by atoms with Gasteiger partial charge in [0.1, 0.15) is 0 Å². The number of hydrogen-bond acceptors (Lipinski definition) is 3. The second kappa shape index (κ2) is 11.5. The highest BCUT2D eigenvalue weighted by molar-refractivity contribution is 5.85. The maximum absolute atomic E-state index is 10.2. The molecule has 0 rings (SSSR count). The normalized spacial score (nSPS) is 9.81. The molecule has 0 saturated heterocycles. The Morgan fingerprint density at radius 2 is 2.00 bits per heavy atom. The Balaban J connectivity index is 0. The van der Waals surface area contributed by atoms with Gasteiger partial charge in [0.2, 0.25) is 0 Å². The molecule has 0 radical (unpaired) electrons. The van der Waals surface area contributed by atoms with Gasteiger partial charge in [0.15, 0.2) is 0 Å². The van der Waals surface area contributed by atoms with Crippen LogP contribution in [0.1, 0.15) is 33.1 Å². The summed E-state index contributed by atoms with van der Waals surface area (Å²) in [6, 6.07) is 0. The first-order valence-corrected chi connectivity index (χ1v) is 5.10. The Hall–Kier alpha value is -1.58. The Kier molecular flexibility index (Phi) is 12.1. The summed E-state index contributed by atoms with van der Waals surface area (Å²) in [4.78, 5) is 20.1. The van der Waals surface area contributed by atoms with Crippen LogP contribution in [0.25, 0.3) is 0 Å². The highest BCUT2D eigenvalue weighted by atomic mass is 16.5. The number of rotatable bonds is 5. The summed E-state index contributed by atoms with van der Waals surface area (Å²) in [6.07, 6.45) is 5.95. The number of esters is 1. The molecule has 0 amide bonds. The average Bonchev–Trinajstić information content (AvgIpc) is 2.28. The van der Waals surface area contributed by atoms with E-state index in [0.717, 1.165) is 25.3 Å². The van der Waals surface area contributed by atoms with Crippen molar-refractivity contribution >= 4 is 11.9 Å². The minimum atomic E-state index is -0.809. The molecule has 0 aliphatic heterocycles. The Labute approximate surface area is 96.6 Å². The molecule has 0 atom stereocenters. The first-order chi connectivity index (χ1) is 7.49. The fourth-order valence-electron chi connectivity index (χ4n) is 0.693. The van der Waals surface area contributed by atoms with Crippen molar-refractivity contribution in [2.75, 3.05) is 7.11 Å². The molecule has 0 heterocycles. The number of aliphatic carboxylic acids is 1. The van der Waals surface area contributed by atoms with E-state index >= 15 is 0 Å². The number of unbranched alkanes of at least 4 members (excludes halogenated alkanes) is 2. The third-order valence-electron chi connectivity index (χ3n) is 1.71. The first kappa shape index (κ1) is 16.8. The van der Waals surface area contributed by atoms with E-state index < -0.39 is 11.9 Å². The van der Waals surface area contributed by atoms with E-state index in [-0.39, 0.29) is 0 Å². The molecule has 0 aromatic carbocycles. The zero-order valence-electron chi connectivity index (χ0n) is 10.2. The van der Waals surface area contributed by atoms with Gasteiger partial charge in [-0.25, -0.2) is 9.59 Å². The lowest BCUT2D eigenvalue weighted by Gasteiger charge is -1.91. The van der Waals surface area contributed by atoms with Crippen LogP contribution in [0.3, 0.4) is 0 Å². The minimum Gasteiger partial charge on any atom is -0.478 e. The van der Waals surface area contributed by atoms with Crippen LogP contribution in [0, 0.1) is 0 Å². The van der Waals surface area contributed by atoms with Crippen molar-refractivity contribution in [3.63, 3.8) is 0 Å². The second-order valence-electron chi connectivity index (χ2n) is 3.06. The Morgan fingerprint density at radius 1 is 1.44 bits per heavy atom. The standard InChI is InChI=1S/C8H14O2.C4H6O2/c1-3-4-5-6-7(2)8(9)10;1-3-4(5)6-2/h6H,3-5H2,1-2H3,(H,9,10);3H,1H2,2H3. The molecule has 4 heteroatoms. The van der Waals surface area contributed by atoms with E-state index in [1.807, 2.05) is 0 Å². The van der Waals surface area contributed by atoms with Crippen molar-refractivity contribution in [2.45, 2.75) is 33.1 Å². The van der Waals surface area contributed by atoms with Gasteiger partial charge in [-0.3, -0.25) is 0 Å². The van der Waals surface area contributed by atoms with Crippen molar-refractivity contribution in [1.29, 1.82) is 0 Å². The monoisotopic (exact) mass is 228 g/mol. The van der Waals surface area contributed by atoms with Gasteiger partial charge in [0.25, 0.3) is 0 Å². The van der Waals surface area contributed by atoms with Gasteiger partial charge < -0.3 is 9.84 Å². The summed E-state index contributed by atoms with van der Waals surface area (Å²) >= 11 is 0. The molecule has 92 valence electrons. The van der Waals surface area contributed by atoms with Gasteiger partial charge >= 0.3 is 11.9 Å². The second-order valence-corrected chi connectivity index (χ2v) is 3.06. The summed E-state index contributed by atoms with van der Waals surface area (Å²) < 4.78 is 4.14. The summed E-state index contributed by atoms with van der Waals surface area (Å²) in [5.41, 5.74) is 0.452. The van der Waals surface area contributed by atoms with Gasteiger partial charge in [0, 0.05) is 11.6 Å². The van der Waals surface area contributed by atoms with Crippen molar-refractivity contribution in [3.8, 4) is 0 Å². The zero-order chi connectivity index (χ0) is 13.0. The largest absolute Gasteiger partial charge is 0.478 e. The molecule has 0 aliphatic rings. The fraction of sp³-hybridized carbons (Fsp3) is 0.500. The molecule has 0 aromatic rings. The molecule has 1 N–H and O–H groups in total. The van der Waals surface area contributed by atoms with E-state index in [1.54, 1.807) is 13.0 Å². The zero-order valence-corrected chi connectivity index (χ0v) is 10.2. The molecule has 0 unspecified atom stereocenters. The van der Waals surface area contributed by atoms with Gasteiger partial charge in [-0.15, -0.1) is 0 Å². The van der Waals surface area contributed by atoms with Crippen molar-refractivity contribution < 1.29 is 19.4 Å². The smallest absolute Gasteiger partial charge is 0.330 e. The number of ether oxygens (including phenoxy) is 1. The maximum Gasteiger partial charge on any atom is 0.330 e. The van der Waals surface area contributed by atoms with Crippen molar-refractivity contribution in [3.05, 3.63) is 24.3 Å². The number of carboxylic acid groups (broad SMARTS) is 1. The quantitative estimate of drug-likeness (QED) is 0.446. The van der Waals surface area contributed by atoms with E-state index in [0.29, 0.717) is 5.57 Å². The van der Waals surface area contributed by atoms with Crippen LogP contribution < -0.4 is 0 Å². The highest BCUT2D eigenvalue weighted by Crippen LogP contribution is 2.00. The molecule has 4 nitrogen and oxygen atoms in total. The maximum atomic E-state index is 10.2. The van der Waals surface area contributed by atoms with E-state index in [1.165, 1.54) is 7.11 Å². The number of methoxy groups -OCH3 is 1. The molecule has 16 heavy (non-hydrogen) atoms. The van der Waals surface area contributed by atoms with Crippen LogP contribution >= 0.6 is 0 Å². The van der Waals surface area contributed by atoms with Crippen molar-refractivity contribution in [1.82, 2.24) is 0 Å². The Morgan fingerprint density at radius 3 is 2.25 bits per heavy atom.